The van der Waals surface area contributed by atoms with Crippen LogP contribution in [0.15, 0.2) is 30.4 Å². The Labute approximate surface area is 146 Å². The fraction of sp³-hybridized carbons (Fsp3) is 0.444. The van der Waals surface area contributed by atoms with Gasteiger partial charge in [-0.15, -0.1) is 0 Å². The number of hydrogen-bond acceptors (Lipinski definition) is 2. The van der Waals surface area contributed by atoms with Crippen LogP contribution in [-0.2, 0) is 15.8 Å². The van der Waals surface area contributed by atoms with Gasteiger partial charge in [-0.2, -0.15) is 13.2 Å². The zero-order valence-electron chi connectivity index (χ0n) is 12.8. The van der Waals surface area contributed by atoms with Crippen LogP contribution in [-0.4, -0.2) is 11.8 Å². The summed E-state index contributed by atoms with van der Waals surface area (Å²) >= 11 is 5.65. The van der Waals surface area contributed by atoms with E-state index < -0.39 is 28.6 Å². The van der Waals surface area contributed by atoms with Gasteiger partial charge in [0.25, 0.3) is 0 Å². The summed E-state index contributed by atoms with van der Waals surface area (Å²) in [7, 11) is 0. The summed E-state index contributed by atoms with van der Waals surface area (Å²) in [6.07, 6.45) is 0.443. The van der Waals surface area contributed by atoms with Gasteiger partial charge < -0.3 is 0 Å². The summed E-state index contributed by atoms with van der Waals surface area (Å²) in [5, 5.41) is -0.448. The first kappa shape index (κ1) is 15.4. The molecule has 1 aliphatic heterocycles. The molecule has 4 aliphatic carbocycles. The largest absolute Gasteiger partial charge is 0.417 e. The summed E-state index contributed by atoms with van der Waals surface area (Å²) in [6, 6.07) is 3.19. The normalized spacial score (nSPS) is 38.2. The van der Waals surface area contributed by atoms with E-state index in [2.05, 4.69) is 0 Å². The highest BCUT2D eigenvalue weighted by atomic mass is 35.5. The van der Waals surface area contributed by atoms with E-state index >= 15 is 0 Å². The first-order valence-electron chi connectivity index (χ1n) is 8.22. The van der Waals surface area contributed by atoms with Crippen molar-refractivity contribution >= 4 is 29.1 Å². The molecule has 0 spiro atoms. The summed E-state index contributed by atoms with van der Waals surface area (Å²) in [5.41, 5.74) is -1.08. The molecule has 2 amide bonds. The number of nitrogens with zero attached hydrogens (tertiary/aromatic N) is 1. The Balaban J connectivity index is 1.57. The number of carbonyl (C=O) groups is 2. The Morgan fingerprint density at radius 1 is 1.00 bits per heavy atom. The molecule has 3 fully saturated rings. The van der Waals surface area contributed by atoms with Gasteiger partial charge in [-0.05, 0) is 48.3 Å². The van der Waals surface area contributed by atoms with E-state index in [9.17, 15) is 22.8 Å². The van der Waals surface area contributed by atoms with Gasteiger partial charge >= 0.3 is 6.18 Å². The lowest BCUT2D eigenvalue weighted by Gasteiger charge is -2.37. The molecule has 1 saturated heterocycles. The maximum absolute atomic E-state index is 13.1. The molecule has 3 nitrogen and oxygen atoms in total. The number of benzene rings is 1. The lowest BCUT2D eigenvalue weighted by Crippen LogP contribution is -2.40. The van der Waals surface area contributed by atoms with Crippen LogP contribution in [0.25, 0.3) is 0 Å². The van der Waals surface area contributed by atoms with Gasteiger partial charge in [0, 0.05) is 0 Å². The molecule has 6 unspecified atom stereocenters. The maximum atomic E-state index is 13.1. The van der Waals surface area contributed by atoms with Gasteiger partial charge in [-0.3, -0.25) is 14.5 Å². The van der Waals surface area contributed by atoms with Crippen molar-refractivity contribution in [1.29, 1.82) is 0 Å². The summed E-state index contributed by atoms with van der Waals surface area (Å²) in [6.45, 7) is 0. The molecule has 7 heteroatoms. The van der Waals surface area contributed by atoms with Crippen molar-refractivity contribution in [3.63, 3.8) is 0 Å². The summed E-state index contributed by atoms with van der Waals surface area (Å²) in [4.78, 5) is 26.8. The lowest BCUT2D eigenvalue weighted by molar-refractivity contribution is -0.137. The van der Waals surface area contributed by atoms with E-state index in [-0.39, 0.29) is 29.3 Å². The molecule has 130 valence electrons. The quantitative estimate of drug-likeness (QED) is 0.557. The van der Waals surface area contributed by atoms with Crippen molar-refractivity contribution in [3.05, 3.63) is 40.9 Å². The summed E-state index contributed by atoms with van der Waals surface area (Å²) < 4.78 is 39.3. The maximum Gasteiger partial charge on any atom is 0.417 e. The number of hydrogen-bond donors (Lipinski definition) is 0. The van der Waals surface area contributed by atoms with Crippen molar-refractivity contribution < 1.29 is 22.8 Å². The molecule has 6 rings (SSSR count). The van der Waals surface area contributed by atoms with Crippen LogP contribution < -0.4 is 4.90 Å². The van der Waals surface area contributed by atoms with E-state index in [4.69, 9.17) is 11.6 Å². The van der Waals surface area contributed by atoms with Crippen molar-refractivity contribution in [2.45, 2.75) is 12.6 Å². The average molecular weight is 368 g/mol. The number of carbonyl (C=O) groups excluding carboxylic acids is 2. The fourth-order valence-corrected chi connectivity index (χ4v) is 5.31. The third-order valence-electron chi connectivity index (χ3n) is 6.18. The second kappa shape index (κ2) is 4.67. The molecule has 2 bridgehead atoms. The Kier molecular flexibility index (Phi) is 2.88. The predicted octanol–water partition coefficient (Wildman–Crippen LogP) is 3.92. The fourth-order valence-electron chi connectivity index (χ4n) is 5.08. The number of amides is 2. The van der Waals surface area contributed by atoms with Crippen LogP contribution in [0.5, 0.6) is 0 Å². The highest BCUT2D eigenvalue weighted by Crippen LogP contribution is 2.65. The van der Waals surface area contributed by atoms with Crippen LogP contribution in [0.1, 0.15) is 12.0 Å². The van der Waals surface area contributed by atoms with Gasteiger partial charge in [0.05, 0.1) is 28.1 Å². The molecule has 0 N–H and O–H groups in total. The zero-order valence-corrected chi connectivity index (χ0v) is 13.6. The second-order valence-electron chi connectivity index (χ2n) is 7.33. The first-order valence-corrected chi connectivity index (χ1v) is 8.59. The number of imide groups is 1. The number of allylic oxidation sites excluding steroid dienone is 2. The monoisotopic (exact) mass is 367 g/mol. The van der Waals surface area contributed by atoms with Crippen molar-refractivity contribution in [1.82, 2.24) is 0 Å². The lowest BCUT2D eigenvalue weighted by atomic mass is 9.63. The highest BCUT2D eigenvalue weighted by Gasteiger charge is 2.67. The standard InChI is InChI=1S/C18H13ClF3NO2/c19-13-4-1-7(5-12(13)18(20,21)22)23-16(24)14-8-2-3-9(11-6-10(8)11)15(14)17(23)25/h1-5,8-11,14-15H,6H2. The predicted molar refractivity (Wildman–Crippen MR) is 83.6 cm³/mol. The molecule has 0 radical (unpaired) electrons. The third kappa shape index (κ3) is 1.94. The molecule has 1 aromatic carbocycles. The van der Waals surface area contributed by atoms with Crippen molar-refractivity contribution in [2.75, 3.05) is 4.90 Å². The van der Waals surface area contributed by atoms with Crippen LogP contribution in [0.3, 0.4) is 0 Å². The van der Waals surface area contributed by atoms with Gasteiger partial charge in [0.2, 0.25) is 11.8 Å². The molecule has 5 aliphatic rings. The second-order valence-corrected chi connectivity index (χ2v) is 7.74. The topological polar surface area (TPSA) is 37.4 Å². The molecule has 0 aromatic heterocycles. The molecule has 25 heavy (non-hydrogen) atoms. The summed E-state index contributed by atoms with van der Waals surface area (Å²) in [5.74, 6) is -0.655. The smallest absolute Gasteiger partial charge is 0.274 e. The molecular formula is C18H13ClF3NO2. The van der Waals surface area contributed by atoms with Gasteiger partial charge in [0.15, 0.2) is 0 Å². The van der Waals surface area contributed by atoms with Gasteiger partial charge in [-0.1, -0.05) is 23.8 Å². The van der Waals surface area contributed by atoms with E-state index in [1.807, 2.05) is 12.2 Å². The van der Waals surface area contributed by atoms with E-state index in [1.54, 1.807) is 0 Å². The van der Waals surface area contributed by atoms with E-state index in [0.29, 0.717) is 11.8 Å². The van der Waals surface area contributed by atoms with E-state index in [0.717, 1.165) is 23.5 Å². The molecule has 1 aromatic rings. The number of halogens is 4. The molecule has 6 atom stereocenters. The Hall–Kier alpha value is -1.82. The number of anilines is 1. The third-order valence-corrected chi connectivity index (χ3v) is 6.51. The minimum absolute atomic E-state index is 0.0378. The van der Waals surface area contributed by atoms with Crippen LogP contribution in [0.2, 0.25) is 5.02 Å². The molecule has 1 heterocycles. The zero-order chi connectivity index (χ0) is 17.7. The van der Waals surface area contributed by atoms with Crippen LogP contribution in [0, 0.1) is 35.5 Å². The molecule has 2 saturated carbocycles. The Morgan fingerprint density at radius 2 is 1.56 bits per heavy atom. The minimum atomic E-state index is -4.64. The SMILES string of the molecule is O=C1C2C3C=CC(C4CC34)C2C(=O)N1c1ccc(Cl)c(C(F)(F)F)c1. The molecular weight excluding hydrogens is 355 g/mol. The highest BCUT2D eigenvalue weighted by molar-refractivity contribution is 6.31. The van der Waals surface area contributed by atoms with Crippen LogP contribution in [0.4, 0.5) is 18.9 Å². The Bertz CT molecular complexity index is 813. The van der Waals surface area contributed by atoms with E-state index in [1.165, 1.54) is 6.07 Å². The average Bonchev–Trinajstić information content (AvgIpc) is 3.32. The minimum Gasteiger partial charge on any atom is -0.274 e. The van der Waals surface area contributed by atoms with Gasteiger partial charge in [-0.25, -0.2) is 0 Å². The van der Waals surface area contributed by atoms with Gasteiger partial charge in [0.1, 0.15) is 0 Å². The number of rotatable bonds is 1. The van der Waals surface area contributed by atoms with Crippen molar-refractivity contribution in [3.8, 4) is 0 Å². The first-order chi connectivity index (χ1) is 11.8. The Morgan fingerprint density at radius 3 is 2.08 bits per heavy atom. The number of alkyl halides is 3. The van der Waals surface area contributed by atoms with Crippen LogP contribution >= 0.6 is 11.6 Å². The van der Waals surface area contributed by atoms with Crippen molar-refractivity contribution in [2.24, 2.45) is 35.5 Å².